The number of anilines is 1. The van der Waals surface area contributed by atoms with Gasteiger partial charge in [-0.05, 0) is 68.3 Å². The van der Waals surface area contributed by atoms with Crippen LogP contribution in [-0.2, 0) is 16.0 Å². The van der Waals surface area contributed by atoms with Crippen molar-refractivity contribution in [2.24, 2.45) is 0 Å². The summed E-state index contributed by atoms with van der Waals surface area (Å²) in [5.74, 6) is 0.893. The normalized spacial score (nSPS) is 15.0. The minimum atomic E-state index is -0.864. The Labute approximate surface area is 193 Å². The Bertz CT molecular complexity index is 1060. The highest BCUT2D eigenvalue weighted by Gasteiger charge is 2.37. The number of nitrogens with one attached hydrogen (secondary N) is 1. The van der Waals surface area contributed by atoms with Crippen LogP contribution in [0.2, 0.25) is 0 Å². The zero-order valence-electron chi connectivity index (χ0n) is 18.9. The van der Waals surface area contributed by atoms with Crippen LogP contribution in [0.3, 0.4) is 0 Å². The van der Waals surface area contributed by atoms with E-state index in [0.29, 0.717) is 11.5 Å². The Morgan fingerprint density at radius 1 is 1.06 bits per heavy atom. The standard InChI is InChI=1S/C26H30N2O3S/c1-17-8-6-9-18(2)24(17)28(23(29)16-21-12-7-15-32-21)25(22-14-13-19(3)31-22)26(30)27-20-10-4-5-11-20/h6-9,12-15,20,25H,4-5,10-11,16H2,1-3H3,(H,27,30). The van der Waals surface area contributed by atoms with Crippen molar-refractivity contribution in [1.82, 2.24) is 5.32 Å². The van der Waals surface area contributed by atoms with E-state index < -0.39 is 6.04 Å². The fraction of sp³-hybridized carbons (Fsp3) is 0.385. The molecule has 2 heterocycles. The third-order valence-corrected chi connectivity index (χ3v) is 6.97. The van der Waals surface area contributed by atoms with Crippen LogP contribution in [0.15, 0.2) is 52.3 Å². The lowest BCUT2D eigenvalue weighted by Gasteiger charge is -2.33. The van der Waals surface area contributed by atoms with Crippen molar-refractivity contribution in [2.75, 3.05) is 4.90 Å². The molecule has 1 aliphatic carbocycles. The van der Waals surface area contributed by atoms with E-state index in [0.717, 1.165) is 47.4 Å². The first-order valence-corrected chi connectivity index (χ1v) is 12.1. The van der Waals surface area contributed by atoms with Crippen LogP contribution in [0.1, 0.15) is 59.2 Å². The second kappa shape index (κ2) is 9.74. The topological polar surface area (TPSA) is 62.6 Å². The smallest absolute Gasteiger partial charge is 0.251 e. The van der Waals surface area contributed by atoms with Gasteiger partial charge in [-0.3, -0.25) is 14.5 Å². The molecule has 32 heavy (non-hydrogen) atoms. The molecule has 1 aromatic carbocycles. The van der Waals surface area contributed by atoms with Gasteiger partial charge in [0.15, 0.2) is 6.04 Å². The first-order valence-electron chi connectivity index (χ1n) is 11.2. The monoisotopic (exact) mass is 450 g/mol. The number of aryl methyl sites for hydroxylation is 3. The second-order valence-corrected chi connectivity index (χ2v) is 9.63. The van der Waals surface area contributed by atoms with Crippen LogP contribution in [0, 0.1) is 20.8 Å². The highest BCUT2D eigenvalue weighted by atomic mass is 32.1. The summed E-state index contributed by atoms with van der Waals surface area (Å²) in [7, 11) is 0. The SMILES string of the molecule is Cc1ccc(C(C(=O)NC2CCCC2)N(C(=O)Cc2cccs2)c2c(C)cccc2C)o1. The lowest BCUT2D eigenvalue weighted by Crippen LogP contribution is -2.47. The molecule has 1 unspecified atom stereocenters. The molecule has 1 N–H and O–H groups in total. The van der Waals surface area contributed by atoms with Gasteiger partial charge in [-0.15, -0.1) is 11.3 Å². The molecule has 1 fully saturated rings. The molecule has 5 nitrogen and oxygen atoms in total. The number of hydrogen-bond donors (Lipinski definition) is 1. The first-order chi connectivity index (χ1) is 15.4. The van der Waals surface area contributed by atoms with Gasteiger partial charge >= 0.3 is 0 Å². The summed E-state index contributed by atoms with van der Waals surface area (Å²) in [5.41, 5.74) is 2.67. The van der Waals surface area contributed by atoms with Gasteiger partial charge in [0.05, 0.1) is 12.1 Å². The lowest BCUT2D eigenvalue weighted by atomic mass is 10.0. The molecule has 4 rings (SSSR count). The van der Waals surface area contributed by atoms with E-state index in [1.54, 1.807) is 16.2 Å². The average Bonchev–Trinajstić information content (AvgIpc) is 3.51. The summed E-state index contributed by atoms with van der Waals surface area (Å²) in [4.78, 5) is 30.1. The quantitative estimate of drug-likeness (QED) is 0.506. The van der Waals surface area contributed by atoms with E-state index in [1.807, 2.05) is 68.6 Å². The van der Waals surface area contributed by atoms with Gasteiger partial charge in [0.2, 0.25) is 5.91 Å². The molecule has 0 bridgehead atoms. The first kappa shape index (κ1) is 22.3. The number of nitrogens with zero attached hydrogens (tertiary/aromatic N) is 1. The Hall–Kier alpha value is -2.86. The van der Waals surface area contributed by atoms with Crippen LogP contribution in [0.4, 0.5) is 5.69 Å². The molecule has 0 spiro atoms. The zero-order chi connectivity index (χ0) is 22.7. The minimum Gasteiger partial charge on any atom is -0.464 e. The molecule has 3 aromatic rings. The molecule has 0 saturated heterocycles. The fourth-order valence-electron chi connectivity index (χ4n) is 4.56. The average molecular weight is 451 g/mol. The number of hydrogen-bond acceptors (Lipinski definition) is 4. The molecule has 1 atom stereocenters. The predicted molar refractivity (Wildman–Crippen MR) is 128 cm³/mol. The van der Waals surface area contributed by atoms with Gasteiger partial charge in [0, 0.05) is 10.9 Å². The third kappa shape index (κ3) is 4.80. The van der Waals surface area contributed by atoms with Gasteiger partial charge in [0.1, 0.15) is 11.5 Å². The molecule has 2 aromatic heterocycles. The number of furan rings is 1. The molecule has 1 saturated carbocycles. The van der Waals surface area contributed by atoms with E-state index in [2.05, 4.69) is 5.32 Å². The Morgan fingerprint density at radius 2 is 1.78 bits per heavy atom. The van der Waals surface area contributed by atoms with E-state index in [4.69, 9.17) is 4.42 Å². The van der Waals surface area contributed by atoms with Crippen LogP contribution in [0.25, 0.3) is 0 Å². The highest BCUT2D eigenvalue weighted by Crippen LogP contribution is 2.35. The van der Waals surface area contributed by atoms with Crippen LogP contribution >= 0.6 is 11.3 Å². The number of benzene rings is 1. The Kier molecular flexibility index (Phi) is 6.80. The summed E-state index contributed by atoms with van der Waals surface area (Å²) < 4.78 is 5.95. The summed E-state index contributed by atoms with van der Waals surface area (Å²) >= 11 is 1.55. The van der Waals surface area contributed by atoms with Crippen LogP contribution < -0.4 is 10.2 Å². The Balaban J connectivity index is 1.79. The van der Waals surface area contributed by atoms with Crippen molar-refractivity contribution < 1.29 is 14.0 Å². The maximum Gasteiger partial charge on any atom is 0.251 e. The number of amides is 2. The molecular weight excluding hydrogens is 420 g/mol. The van der Waals surface area contributed by atoms with Crippen molar-refractivity contribution in [3.63, 3.8) is 0 Å². The highest BCUT2D eigenvalue weighted by molar-refractivity contribution is 7.10. The van der Waals surface area contributed by atoms with Crippen molar-refractivity contribution in [3.05, 3.63) is 75.4 Å². The van der Waals surface area contributed by atoms with Gasteiger partial charge in [-0.1, -0.05) is 37.1 Å². The molecule has 1 aliphatic rings. The van der Waals surface area contributed by atoms with Crippen LogP contribution in [0.5, 0.6) is 0 Å². The molecule has 2 amide bonds. The number of carbonyl (C=O) groups is 2. The molecule has 6 heteroatoms. The van der Waals surface area contributed by atoms with Crippen molar-refractivity contribution >= 4 is 28.8 Å². The maximum atomic E-state index is 13.8. The summed E-state index contributed by atoms with van der Waals surface area (Å²) in [6.07, 6.45) is 4.42. The van der Waals surface area contributed by atoms with E-state index in [-0.39, 0.29) is 24.3 Å². The summed E-state index contributed by atoms with van der Waals surface area (Å²) in [6, 6.07) is 12.8. The van der Waals surface area contributed by atoms with Gasteiger partial charge in [0.25, 0.3) is 5.91 Å². The lowest BCUT2D eigenvalue weighted by molar-refractivity contribution is -0.127. The Morgan fingerprint density at radius 3 is 2.38 bits per heavy atom. The van der Waals surface area contributed by atoms with E-state index >= 15 is 0 Å². The van der Waals surface area contributed by atoms with E-state index in [9.17, 15) is 9.59 Å². The fourth-order valence-corrected chi connectivity index (χ4v) is 5.25. The zero-order valence-corrected chi connectivity index (χ0v) is 19.7. The maximum absolute atomic E-state index is 13.8. The molecule has 168 valence electrons. The predicted octanol–water partition coefficient (Wildman–Crippen LogP) is 5.64. The number of carbonyl (C=O) groups excluding carboxylic acids is 2. The molecule has 0 aliphatic heterocycles. The van der Waals surface area contributed by atoms with Gasteiger partial charge < -0.3 is 9.73 Å². The molecule has 0 radical (unpaired) electrons. The van der Waals surface area contributed by atoms with Crippen molar-refractivity contribution in [1.29, 1.82) is 0 Å². The largest absolute Gasteiger partial charge is 0.464 e. The van der Waals surface area contributed by atoms with E-state index in [1.165, 1.54) is 0 Å². The summed E-state index contributed by atoms with van der Waals surface area (Å²) in [6.45, 7) is 5.81. The van der Waals surface area contributed by atoms with Crippen LogP contribution in [-0.4, -0.2) is 17.9 Å². The van der Waals surface area contributed by atoms with Crippen molar-refractivity contribution in [3.8, 4) is 0 Å². The third-order valence-electron chi connectivity index (χ3n) is 6.09. The summed E-state index contributed by atoms with van der Waals surface area (Å²) in [5, 5.41) is 5.16. The van der Waals surface area contributed by atoms with Gasteiger partial charge in [-0.25, -0.2) is 0 Å². The van der Waals surface area contributed by atoms with Crippen molar-refractivity contribution in [2.45, 2.75) is 65.0 Å². The molecular formula is C26H30N2O3S. The van der Waals surface area contributed by atoms with Gasteiger partial charge in [-0.2, -0.15) is 0 Å². The minimum absolute atomic E-state index is 0.120. The second-order valence-electron chi connectivity index (χ2n) is 8.60. The number of para-hydroxylation sites is 1. The number of rotatable bonds is 7. The number of thiophene rings is 1.